The fourth-order valence-electron chi connectivity index (χ4n) is 1.99. The molecule has 88 valence electrons. The molecule has 0 saturated carbocycles. The van der Waals surface area contributed by atoms with Gasteiger partial charge in [-0.25, -0.2) is 8.42 Å². The second kappa shape index (κ2) is 6.31. The Morgan fingerprint density at radius 1 is 1.35 bits per heavy atom. The van der Waals surface area contributed by atoms with Crippen molar-refractivity contribution in [3.05, 3.63) is 35.4 Å². The van der Waals surface area contributed by atoms with Gasteiger partial charge in [0.25, 0.3) is 0 Å². The molecule has 6 heteroatoms. The van der Waals surface area contributed by atoms with Crippen LogP contribution in [0.3, 0.4) is 0 Å². The Balaban J connectivity index is 0.00000144. The van der Waals surface area contributed by atoms with E-state index in [4.69, 9.17) is 4.74 Å². The third-order valence-corrected chi connectivity index (χ3v) is 3.33. The van der Waals surface area contributed by atoms with Gasteiger partial charge in [-0.15, -0.1) is 0 Å². The van der Waals surface area contributed by atoms with Crippen molar-refractivity contribution in [1.29, 1.82) is 0 Å². The Kier molecular flexibility index (Phi) is 5.63. The number of ether oxygens (including phenoxy) is 1. The van der Waals surface area contributed by atoms with Gasteiger partial charge in [-0.1, -0.05) is 24.3 Å². The maximum Gasteiger partial charge on any atom is 1.00 e. The van der Waals surface area contributed by atoms with Gasteiger partial charge in [0.05, 0.1) is 22.0 Å². The molecule has 0 N–H and O–H groups in total. The summed E-state index contributed by atoms with van der Waals surface area (Å²) < 4.78 is 37.8. The Labute approximate surface area is 123 Å². The quantitative estimate of drug-likeness (QED) is 0.497. The smallest absolute Gasteiger partial charge is 0.748 e. The van der Waals surface area contributed by atoms with E-state index in [9.17, 15) is 13.0 Å². The zero-order valence-corrected chi connectivity index (χ0v) is 12.6. The van der Waals surface area contributed by atoms with Crippen molar-refractivity contribution in [2.24, 2.45) is 0 Å². The van der Waals surface area contributed by atoms with Crippen LogP contribution in [-0.4, -0.2) is 19.6 Å². The van der Waals surface area contributed by atoms with Crippen molar-refractivity contribution in [3.63, 3.8) is 0 Å². The number of rotatable bonds is 3. The van der Waals surface area contributed by atoms with Crippen LogP contribution in [0.25, 0.3) is 0 Å². The molecule has 1 fully saturated rings. The van der Waals surface area contributed by atoms with Crippen LogP contribution < -0.4 is 29.6 Å². The first-order chi connectivity index (χ1) is 7.56. The van der Waals surface area contributed by atoms with Gasteiger partial charge in [0, 0.05) is 6.61 Å². The Hall–Kier alpha value is 0.0900. The molecule has 0 aliphatic carbocycles. The number of hydrogen-bond acceptors (Lipinski definition) is 4. The summed E-state index contributed by atoms with van der Waals surface area (Å²) in [5.41, 5.74) is 1.39. The molecule has 0 amide bonds. The molecule has 1 aliphatic rings. The van der Waals surface area contributed by atoms with Crippen molar-refractivity contribution in [2.45, 2.75) is 24.7 Å². The Morgan fingerprint density at radius 3 is 2.65 bits per heavy atom. The van der Waals surface area contributed by atoms with Gasteiger partial charge >= 0.3 is 29.6 Å². The Morgan fingerprint density at radius 2 is 2.06 bits per heavy atom. The number of hydrogen-bond donors (Lipinski definition) is 0. The normalized spacial score (nSPS) is 19.9. The molecular formula is C11H13NaO4S. The molecule has 1 heterocycles. The molecule has 1 aromatic rings. The van der Waals surface area contributed by atoms with Crippen molar-refractivity contribution in [1.82, 2.24) is 0 Å². The summed E-state index contributed by atoms with van der Waals surface area (Å²) in [6.07, 6.45) is 1.80. The van der Waals surface area contributed by atoms with Crippen molar-refractivity contribution >= 4 is 10.1 Å². The van der Waals surface area contributed by atoms with Gasteiger partial charge in [0.1, 0.15) is 0 Å². The van der Waals surface area contributed by atoms with E-state index in [1.165, 1.54) is 0 Å². The van der Waals surface area contributed by atoms with E-state index in [2.05, 4.69) is 0 Å². The van der Waals surface area contributed by atoms with Crippen molar-refractivity contribution in [3.8, 4) is 0 Å². The number of benzene rings is 1. The van der Waals surface area contributed by atoms with E-state index >= 15 is 0 Å². The summed E-state index contributed by atoms with van der Waals surface area (Å²) in [5, 5.41) is 0. The van der Waals surface area contributed by atoms with E-state index in [0.29, 0.717) is 12.2 Å². The fraction of sp³-hybridized carbons (Fsp3) is 0.455. The van der Waals surface area contributed by atoms with Crippen molar-refractivity contribution < 1.29 is 47.3 Å². The molecule has 0 aromatic heterocycles. The second-order valence-electron chi connectivity index (χ2n) is 3.90. The monoisotopic (exact) mass is 264 g/mol. The maximum atomic E-state index is 10.8. The SMILES string of the molecule is O=S(=O)([O-])Cc1ccccc1C1CCCO1.[Na+]. The summed E-state index contributed by atoms with van der Waals surface area (Å²) in [4.78, 5) is 0. The van der Waals surface area contributed by atoms with Gasteiger partial charge < -0.3 is 9.29 Å². The first-order valence-electron chi connectivity index (χ1n) is 5.19. The first kappa shape index (κ1) is 15.1. The minimum Gasteiger partial charge on any atom is -0.748 e. The van der Waals surface area contributed by atoms with Crippen LogP contribution >= 0.6 is 0 Å². The third-order valence-electron chi connectivity index (χ3n) is 2.66. The molecule has 1 aliphatic heterocycles. The van der Waals surface area contributed by atoms with Crippen LogP contribution in [0.5, 0.6) is 0 Å². The van der Waals surface area contributed by atoms with Crippen LogP contribution in [-0.2, 0) is 20.6 Å². The van der Waals surface area contributed by atoms with Crippen LogP contribution in [0.2, 0.25) is 0 Å². The predicted octanol–water partition coefficient (Wildman–Crippen LogP) is -1.41. The zero-order valence-electron chi connectivity index (χ0n) is 9.76. The average Bonchev–Trinajstić information content (AvgIpc) is 2.69. The molecule has 1 aromatic carbocycles. The third kappa shape index (κ3) is 4.35. The molecule has 0 radical (unpaired) electrons. The van der Waals surface area contributed by atoms with Gasteiger partial charge in [-0.3, -0.25) is 0 Å². The predicted molar refractivity (Wildman–Crippen MR) is 57.8 cm³/mol. The summed E-state index contributed by atoms with van der Waals surface area (Å²) in [5.74, 6) is -0.455. The van der Waals surface area contributed by atoms with E-state index < -0.39 is 15.9 Å². The first-order valence-corrected chi connectivity index (χ1v) is 6.77. The van der Waals surface area contributed by atoms with E-state index in [-0.39, 0.29) is 35.7 Å². The van der Waals surface area contributed by atoms with E-state index in [1.54, 1.807) is 12.1 Å². The molecular weight excluding hydrogens is 251 g/mol. The minimum atomic E-state index is -4.23. The van der Waals surface area contributed by atoms with Crippen LogP contribution in [0, 0.1) is 0 Å². The molecule has 0 spiro atoms. The largest absolute Gasteiger partial charge is 1.00 e. The molecule has 1 unspecified atom stereocenters. The standard InChI is InChI=1S/C11H14O4S.Na/c12-16(13,14)8-9-4-1-2-5-10(9)11-6-3-7-15-11;/h1-2,4-5,11H,3,6-8H2,(H,12,13,14);/q;+1/p-1. The zero-order chi connectivity index (χ0) is 11.6. The van der Waals surface area contributed by atoms with Crippen LogP contribution in [0.1, 0.15) is 30.1 Å². The van der Waals surface area contributed by atoms with Crippen molar-refractivity contribution in [2.75, 3.05) is 6.61 Å². The van der Waals surface area contributed by atoms with Gasteiger partial charge in [0.15, 0.2) is 0 Å². The summed E-state index contributed by atoms with van der Waals surface area (Å²) in [7, 11) is -4.23. The van der Waals surface area contributed by atoms with Crippen LogP contribution in [0.4, 0.5) is 0 Å². The summed E-state index contributed by atoms with van der Waals surface area (Å²) in [6, 6.07) is 7.07. The minimum absolute atomic E-state index is 0. The molecule has 4 nitrogen and oxygen atoms in total. The van der Waals surface area contributed by atoms with Gasteiger partial charge in [-0.2, -0.15) is 0 Å². The topological polar surface area (TPSA) is 66.4 Å². The molecule has 0 bridgehead atoms. The van der Waals surface area contributed by atoms with E-state index in [1.807, 2.05) is 12.1 Å². The van der Waals surface area contributed by atoms with Crippen LogP contribution in [0.15, 0.2) is 24.3 Å². The summed E-state index contributed by atoms with van der Waals surface area (Å²) >= 11 is 0. The summed E-state index contributed by atoms with van der Waals surface area (Å²) in [6.45, 7) is 0.698. The van der Waals surface area contributed by atoms with Gasteiger partial charge in [0.2, 0.25) is 0 Å². The Bertz CT molecular complexity index is 466. The average molecular weight is 264 g/mol. The fourth-order valence-corrected chi connectivity index (χ4v) is 2.64. The van der Waals surface area contributed by atoms with E-state index in [0.717, 1.165) is 18.4 Å². The molecule has 2 rings (SSSR count). The molecule has 17 heavy (non-hydrogen) atoms. The maximum absolute atomic E-state index is 10.8. The molecule has 1 atom stereocenters. The van der Waals surface area contributed by atoms with Gasteiger partial charge in [-0.05, 0) is 24.0 Å². The molecule has 1 saturated heterocycles. The second-order valence-corrected chi connectivity index (χ2v) is 5.31.